The molecule has 0 aromatic rings. The monoisotopic (exact) mass is 318 g/mol. The van der Waals surface area contributed by atoms with E-state index >= 15 is 0 Å². The van der Waals surface area contributed by atoms with E-state index in [-0.39, 0.29) is 11.8 Å². The van der Waals surface area contributed by atoms with Gasteiger partial charge in [0.05, 0.1) is 5.75 Å². The van der Waals surface area contributed by atoms with E-state index in [1.54, 1.807) is 0 Å². The van der Waals surface area contributed by atoms with Gasteiger partial charge in [0.1, 0.15) is 0 Å². The Balaban J connectivity index is 1.97. The fourth-order valence-electron chi connectivity index (χ4n) is 2.90. The molecular formula is C16H34N2O2S. The van der Waals surface area contributed by atoms with Crippen LogP contribution in [-0.4, -0.2) is 33.3 Å². The molecular weight excluding hydrogens is 284 g/mol. The van der Waals surface area contributed by atoms with Gasteiger partial charge in [0, 0.05) is 12.6 Å². The lowest BCUT2D eigenvalue weighted by atomic mass is 9.96. The van der Waals surface area contributed by atoms with Crippen LogP contribution in [0.1, 0.15) is 77.6 Å². The number of sulfonamides is 1. The van der Waals surface area contributed by atoms with Crippen LogP contribution in [-0.2, 0) is 10.0 Å². The molecule has 5 heteroatoms. The normalized spacial score (nSPS) is 17.2. The number of unbranched alkanes of at least 4 members (excludes halogenated alkanes) is 5. The summed E-state index contributed by atoms with van der Waals surface area (Å²) in [7, 11) is -3.10. The molecule has 0 amide bonds. The Hall–Kier alpha value is -0.130. The second-order valence-electron chi connectivity index (χ2n) is 6.29. The Morgan fingerprint density at radius 3 is 2.29 bits per heavy atom. The van der Waals surface area contributed by atoms with E-state index in [9.17, 15) is 8.42 Å². The molecule has 0 aliphatic heterocycles. The van der Waals surface area contributed by atoms with E-state index in [1.165, 1.54) is 38.5 Å². The molecule has 2 N–H and O–H groups in total. The molecule has 0 spiro atoms. The van der Waals surface area contributed by atoms with Crippen molar-refractivity contribution in [3.63, 3.8) is 0 Å². The summed E-state index contributed by atoms with van der Waals surface area (Å²) >= 11 is 0. The Morgan fingerprint density at radius 2 is 1.57 bits per heavy atom. The Labute approximate surface area is 131 Å². The van der Waals surface area contributed by atoms with E-state index in [2.05, 4.69) is 17.0 Å². The van der Waals surface area contributed by atoms with Gasteiger partial charge < -0.3 is 5.32 Å². The molecule has 1 aliphatic rings. The van der Waals surface area contributed by atoms with E-state index in [4.69, 9.17) is 0 Å². The van der Waals surface area contributed by atoms with Crippen molar-refractivity contribution in [1.29, 1.82) is 0 Å². The predicted octanol–water partition coefficient (Wildman–Crippen LogP) is 3.19. The second-order valence-corrected chi connectivity index (χ2v) is 8.16. The molecule has 21 heavy (non-hydrogen) atoms. The van der Waals surface area contributed by atoms with Crippen LogP contribution in [0.3, 0.4) is 0 Å². The van der Waals surface area contributed by atoms with Gasteiger partial charge >= 0.3 is 0 Å². The second kappa shape index (κ2) is 11.4. The molecule has 1 aliphatic carbocycles. The van der Waals surface area contributed by atoms with Crippen LogP contribution in [0.5, 0.6) is 0 Å². The van der Waals surface area contributed by atoms with Gasteiger partial charge in [-0.2, -0.15) is 0 Å². The lowest BCUT2D eigenvalue weighted by Crippen LogP contribution is -2.39. The van der Waals surface area contributed by atoms with Crippen LogP contribution in [0.2, 0.25) is 0 Å². The number of hydrogen-bond donors (Lipinski definition) is 2. The summed E-state index contributed by atoms with van der Waals surface area (Å²) in [6.07, 6.45) is 13.2. The van der Waals surface area contributed by atoms with Gasteiger partial charge in [0.2, 0.25) is 10.0 Å². The minimum atomic E-state index is -3.10. The lowest BCUT2D eigenvalue weighted by Gasteiger charge is -2.22. The molecule has 1 rings (SSSR count). The first-order valence-corrected chi connectivity index (χ1v) is 10.5. The largest absolute Gasteiger partial charge is 0.316 e. The third-order valence-corrected chi connectivity index (χ3v) is 5.64. The van der Waals surface area contributed by atoms with E-state index in [0.29, 0.717) is 6.54 Å². The van der Waals surface area contributed by atoms with Crippen LogP contribution >= 0.6 is 0 Å². The van der Waals surface area contributed by atoms with Crippen molar-refractivity contribution in [2.24, 2.45) is 0 Å². The fourth-order valence-corrected chi connectivity index (χ4v) is 4.17. The van der Waals surface area contributed by atoms with Crippen LogP contribution in [0.15, 0.2) is 0 Å². The average Bonchev–Trinajstić information content (AvgIpc) is 2.46. The van der Waals surface area contributed by atoms with Gasteiger partial charge in [-0.15, -0.1) is 0 Å². The molecule has 1 saturated carbocycles. The SMILES string of the molecule is CCCCCCCCNCCS(=O)(=O)NC1CCCCC1. The topological polar surface area (TPSA) is 58.2 Å². The molecule has 0 bridgehead atoms. The van der Waals surface area contributed by atoms with Crippen molar-refractivity contribution in [2.45, 2.75) is 83.6 Å². The standard InChI is InChI=1S/C16H34N2O2S/c1-2-3-4-5-6-10-13-17-14-15-21(19,20)18-16-11-8-7-9-12-16/h16-18H,2-15H2,1H3. The van der Waals surface area contributed by atoms with E-state index < -0.39 is 10.0 Å². The molecule has 4 nitrogen and oxygen atoms in total. The van der Waals surface area contributed by atoms with Crippen molar-refractivity contribution >= 4 is 10.0 Å². The highest BCUT2D eigenvalue weighted by Gasteiger charge is 2.19. The summed E-state index contributed by atoms with van der Waals surface area (Å²) in [4.78, 5) is 0. The quantitative estimate of drug-likeness (QED) is 0.543. The zero-order chi connectivity index (χ0) is 15.4. The van der Waals surface area contributed by atoms with Gasteiger partial charge in [-0.25, -0.2) is 13.1 Å². The highest BCUT2D eigenvalue weighted by atomic mass is 32.2. The molecule has 0 unspecified atom stereocenters. The summed E-state index contributed by atoms with van der Waals surface area (Å²) in [5, 5.41) is 3.25. The Kier molecular flexibility index (Phi) is 10.3. The first-order chi connectivity index (χ1) is 10.1. The molecule has 0 aromatic heterocycles. The molecule has 0 heterocycles. The third-order valence-electron chi connectivity index (χ3n) is 4.21. The zero-order valence-corrected chi connectivity index (χ0v) is 14.5. The summed E-state index contributed by atoms with van der Waals surface area (Å²) in [6.45, 7) is 3.73. The summed E-state index contributed by atoms with van der Waals surface area (Å²) < 4.78 is 26.8. The lowest BCUT2D eigenvalue weighted by molar-refractivity contribution is 0.412. The first-order valence-electron chi connectivity index (χ1n) is 8.85. The van der Waals surface area contributed by atoms with Gasteiger partial charge in [-0.05, 0) is 25.8 Å². The molecule has 0 saturated heterocycles. The summed E-state index contributed by atoms with van der Waals surface area (Å²) in [5.74, 6) is 0.208. The zero-order valence-electron chi connectivity index (χ0n) is 13.7. The number of rotatable bonds is 12. The van der Waals surface area contributed by atoms with E-state index in [1.807, 2.05) is 0 Å². The highest BCUT2D eigenvalue weighted by Crippen LogP contribution is 2.17. The predicted molar refractivity (Wildman–Crippen MR) is 90.0 cm³/mol. The van der Waals surface area contributed by atoms with E-state index in [0.717, 1.165) is 38.6 Å². The Morgan fingerprint density at radius 1 is 0.905 bits per heavy atom. The maximum absolute atomic E-state index is 12.0. The molecule has 1 fully saturated rings. The number of hydrogen-bond acceptors (Lipinski definition) is 3. The minimum absolute atomic E-state index is 0.183. The van der Waals surface area contributed by atoms with Gasteiger partial charge in [0.15, 0.2) is 0 Å². The maximum atomic E-state index is 12.0. The van der Waals surface area contributed by atoms with Crippen LogP contribution in [0, 0.1) is 0 Å². The molecule has 0 atom stereocenters. The Bertz CT molecular complexity index is 338. The van der Waals surface area contributed by atoms with Crippen molar-refractivity contribution in [3.8, 4) is 0 Å². The van der Waals surface area contributed by atoms with Crippen LogP contribution in [0.25, 0.3) is 0 Å². The minimum Gasteiger partial charge on any atom is -0.316 e. The highest BCUT2D eigenvalue weighted by molar-refractivity contribution is 7.89. The van der Waals surface area contributed by atoms with Gasteiger partial charge in [0.25, 0.3) is 0 Å². The smallest absolute Gasteiger partial charge is 0.213 e. The average molecular weight is 319 g/mol. The number of nitrogens with one attached hydrogen (secondary N) is 2. The van der Waals surface area contributed by atoms with Gasteiger partial charge in [-0.1, -0.05) is 58.3 Å². The van der Waals surface area contributed by atoms with Crippen LogP contribution in [0.4, 0.5) is 0 Å². The molecule has 126 valence electrons. The summed E-state index contributed by atoms with van der Waals surface area (Å²) in [5.41, 5.74) is 0. The third kappa shape index (κ3) is 10.3. The summed E-state index contributed by atoms with van der Waals surface area (Å²) in [6, 6.07) is 0.183. The maximum Gasteiger partial charge on any atom is 0.213 e. The van der Waals surface area contributed by atoms with Crippen molar-refractivity contribution in [1.82, 2.24) is 10.0 Å². The molecule has 0 radical (unpaired) electrons. The van der Waals surface area contributed by atoms with Gasteiger partial charge in [-0.3, -0.25) is 0 Å². The fraction of sp³-hybridized carbons (Fsp3) is 1.00. The van der Waals surface area contributed by atoms with Crippen molar-refractivity contribution in [3.05, 3.63) is 0 Å². The van der Waals surface area contributed by atoms with Crippen LogP contribution < -0.4 is 10.0 Å². The molecule has 0 aromatic carbocycles. The van der Waals surface area contributed by atoms with Crippen molar-refractivity contribution < 1.29 is 8.42 Å². The van der Waals surface area contributed by atoms with Crippen molar-refractivity contribution in [2.75, 3.05) is 18.8 Å². The first kappa shape index (κ1) is 18.9.